The molecular weight excluding hydrogens is 129 g/mol. The number of rotatable bonds is 3. The SMILES string of the molecule is FCCNC1CC[C@@H]2C[C@H]12. The Bertz CT molecular complexity index is 126. The van der Waals surface area contributed by atoms with Crippen molar-refractivity contribution >= 4 is 0 Å². The molecule has 1 N–H and O–H groups in total. The van der Waals surface area contributed by atoms with E-state index < -0.39 is 0 Å². The molecule has 0 aliphatic heterocycles. The highest BCUT2D eigenvalue weighted by Gasteiger charge is 2.47. The molecule has 0 aromatic carbocycles. The molecule has 2 heteroatoms. The summed E-state index contributed by atoms with van der Waals surface area (Å²) in [5.74, 6) is 1.93. The number of fused-ring (bicyclic) bond motifs is 1. The fourth-order valence-corrected chi connectivity index (χ4v) is 2.20. The smallest absolute Gasteiger partial charge is 0.102 e. The summed E-state index contributed by atoms with van der Waals surface area (Å²) in [6.07, 6.45) is 4.08. The molecule has 10 heavy (non-hydrogen) atoms. The summed E-state index contributed by atoms with van der Waals surface area (Å²) >= 11 is 0. The number of alkyl halides is 1. The first kappa shape index (κ1) is 6.59. The quantitative estimate of drug-likeness (QED) is 0.628. The molecule has 2 aliphatic rings. The zero-order valence-corrected chi connectivity index (χ0v) is 6.15. The fourth-order valence-electron chi connectivity index (χ4n) is 2.20. The van der Waals surface area contributed by atoms with Crippen molar-refractivity contribution in [3.63, 3.8) is 0 Å². The number of halogens is 1. The molecule has 0 heterocycles. The molecule has 0 spiro atoms. The summed E-state index contributed by atoms with van der Waals surface area (Å²) in [7, 11) is 0. The third-order valence-electron chi connectivity index (χ3n) is 2.84. The molecule has 0 aromatic heterocycles. The molecule has 2 saturated carbocycles. The van der Waals surface area contributed by atoms with E-state index in [2.05, 4.69) is 5.32 Å². The molecule has 0 bridgehead atoms. The van der Waals surface area contributed by atoms with Gasteiger partial charge in [0.25, 0.3) is 0 Å². The summed E-state index contributed by atoms with van der Waals surface area (Å²) in [5, 5.41) is 3.25. The Morgan fingerprint density at radius 2 is 2.30 bits per heavy atom. The second-order valence-electron chi connectivity index (χ2n) is 3.49. The molecule has 58 valence electrons. The Morgan fingerprint density at radius 3 is 2.80 bits per heavy atom. The maximum Gasteiger partial charge on any atom is 0.102 e. The van der Waals surface area contributed by atoms with Gasteiger partial charge in [0.05, 0.1) is 0 Å². The van der Waals surface area contributed by atoms with E-state index in [1.54, 1.807) is 0 Å². The van der Waals surface area contributed by atoms with Crippen molar-refractivity contribution in [1.82, 2.24) is 5.32 Å². The third-order valence-corrected chi connectivity index (χ3v) is 2.84. The van der Waals surface area contributed by atoms with E-state index in [9.17, 15) is 4.39 Å². The van der Waals surface area contributed by atoms with Crippen LogP contribution in [0, 0.1) is 11.8 Å². The van der Waals surface area contributed by atoms with E-state index in [0.717, 1.165) is 11.8 Å². The van der Waals surface area contributed by atoms with Crippen LogP contribution in [0.25, 0.3) is 0 Å². The molecule has 3 atom stereocenters. The largest absolute Gasteiger partial charge is 0.311 e. The standard InChI is InChI=1S/C8H14FN/c9-3-4-10-8-2-1-6-5-7(6)8/h6-8,10H,1-5H2/t6-,7+,8?/m1/s1. The van der Waals surface area contributed by atoms with Crippen LogP contribution in [0.4, 0.5) is 4.39 Å². The van der Waals surface area contributed by atoms with Gasteiger partial charge in [-0.15, -0.1) is 0 Å². The van der Waals surface area contributed by atoms with E-state index in [1.165, 1.54) is 19.3 Å². The summed E-state index contributed by atoms with van der Waals surface area (Å²) < 4.78 is 11.7. The van der Waals surface area contributed by atoms with Gasteiger partial charge in [-0.05, 0) is 31.1 Å². The van der Waals surface area contributed by atoms with Crippen molar-refractivity contribution in [1.29, 1.82) is 0 Å². The highest BCUT2D eigenvalue weighted by molar-refractivity contribution is 5.01. The van der Waals surface area contributed by atoms with Crippen molar-refractivity contribution in [2.75, 3.05) is 13.2 Å². The monoisotopic (exact) mass is 143 g/mol. The Kier molecular flexibility index (Phi) is 1.65. The summed E-state index contributed by atoms with van der Waals surface area (Å²) in [6, 6.07) is 0.667. The van der Waals surface area contributed by atoms with Crippen LogP contribution in [0.1, 0.15) is 19.3 Å². The van der Waals surface area contributed by atoms with Gasteiger partial charge < -0.3 is 5.32 Å². The second-order valence-corrected chi connectivity index (χ2v) is 3.49. The van der Waals surface area contributed by atoms with Crippen LogP contribution in [-0.4, -0.2) is 19.3 Å². The molecule has 0 radical (unpaired) electrons. The summed E-state index contributed by atoms with van der Waals surface area (Å²) in [4.78, 5) is 0. The van der Waals surface area contributed by atoms with E-state index in [-0.39, 0.29) is 6.67 Å². The van der Waals surface area contributed by atoms with Gasteiger partial charge in [-0.3, -0.25) is 0 Å². The molecule has 2 aliphatic carbocycles. The normalized spacial score (nSPS) is 43.5. The molecule has 0 amide bonds. The number of nitrogens with one attached hydrogen (secondary N) is 1. The van der Waals surface area contributed by atoms with Crippen molar-refractivity contribution in [2.45, 2.75) is 25.3 Å². The van der Waals surface area contributed by atoms with Crippen LogP contribution in [-0.2, 0) is 0 Å². The molecule has 2 fully saturated rings. The van der Waals surface area contributed by atoms with Gasteiger partial charge in [-0.1, -0.05) is 0 Å². The van der Waals surface area contributed by atoms with Gasteiger partial charge in [0.1, 0.15) is 6.67 Å². The van der Waals surface area contributed by atoms with Gasteiger partial charge >= 0.3 is 0 Å². The number of hydrogen-bond acceptors (Lipinski definition) is 1. The highest BCUT2D eigenvalue weighted by atomic mass is 19.1. The molecule has 2 rings (SSSR count). The van der Waals surface area contributed by atoms with E-state index in [1.807, 2.05) is 0 Å². The molecule has 0 aromatic rings. The van der Waals surface area contributed by atoms with Gasteiger partial charge in [0, 0.05) is 12.6 Å². The average molecular weight is 143 g/mol. The van der Waals surface area contributed by atoms with E-state index in [4.69, 9.17) is 0 Å². The lowest BCUT2D eigenvalue weighted by atomic mass is 10.2. The maximum atomic E-state index is 11.7. The van der Waals surface area contributed by atoms with Crippen LogP contribution < -0.4 is 5.32 Å². The summed E-state index contributed by atoms with van der Waals surface area (Å²) in [6.45, 7) is 0.349. The lowest BCUT2D eigenvalue weighted by molar-refractivity contribution is 0.412. The molecule has 0 saturated heterocycles. The molecule has 1 unspecified atom stereocenters. The predicted molar refractivity (Wildman–Crippen MR) is 38.6 cm³/mol. The molecular formula is C8H14FN. The van der Waals surface area contributed by atoms with Crippen molar-refractivity contribution in [3.05, 3.63) is 0 Å². The van der Waals surface area contributed by atoms with Crippen molar-refractivity contribution in [3.8, 4) is 0 Å². The Hall–Kier alpha value is -0.110. The minimum Gasteiger partial charge on any atom is -0.311 e. The highest BCUT2D eigenvalue weighted by Crippen LogP contribution is 2.51. The van der Waals surface area contributed by atoms with Gasteiger partial charge in [-0.2, -0.15) is 0 Å². The zero-order chi connectivity index (χ0) is 6.97. The first-order chi connectivity index (χ1) is 4.92. The second kappa shape index (κ2) is 2.50. The zero-order valence-electron chi connectivity index (χ0n) is 6.15. The lowest BCUT2D eigenvalue weighted by Gasteiger charge is -2.11. The van der Waals surface area contributed by atoms with Crippen molar-refractivity contribution in [2.24, 2.45) is 11.8 Å². The van der Waals surface area contributed by atoms with Gasteiger partial charge in [-0.25, -0.2) is 4.39 Å². The summed E-state index contributed by atoms with van der Waals surface area (Å²) in [5.41, 5.74) is 0. The Balaban J connectivity index is 1.72. The maximum absolute atomic E-state index is 11.7. The van der Waals surface area contributed by atoms with Crippen LogP contribution in [0.15, 0.2) is 0 Å². The van der Waals surface area contributed by atoms with Gasteiger partial charge in [0.2, 0.25) is 0 Å². The third kappa shape index (κ3) is 1.05. The van der Waals surface area contributed by atoms with E-state index >= 15 is 0 Å². The average Bonchev–Trinajstić information content (AvgIpc) is 2.63. The first-order valence-electron chi connectivity index (χ1n) is 4.21. The lowest BCUT2D eigenvalue weighted by Crippen LogP contribution is -2.30. The first-order valence-corrected chi connectivity index (χ1v) is 4.21. The molecule has 1 nitrogen and oxygen atoms in total. The topological polar surface area (TPSA) is 12.0 Å². The fraction of sp³-hybridized carbons (Fsp3) is 1.00. The van der Waals surface area contributed by atoms with Crippen LogP contribution >= 0.6 is 0 Å². The van der Waals surface area contributed by atoms with Gasteiger partial charge in [0.15, 0.2) is 0 Å². The van der Waals surface area contributed by atoms with Crippen molar-refractivity contribution < 1.29 is 4.39 Å². The van der Waals surface area contributed by atoms with Crippen LogP contribution in [0.2, 0.25) is 0 Å². The van der Waals surface area contributed by atoms with Crippen LogP contribution in [0.5, 0.6) is 0 Å². The minimum absolute atomic E-state index is 0.214. The Labute approximate surface area is 61.0 Å². The predicted octanol–water partition coefficient (Wildman–Crippen LogP) is 1.34. The Morgan fingerprint density at radius 1 is 1.40 bits per heavy atom. The van der Waals surface area contributed by atoms with Crippen LogP contribution in [0.3, 0.4) is 0 Å². The minimum atomic E-state index is -0.214. The number of hydrogen-bond donors (Lipinski definition) is 1. The van der Waals surface area contributed by atoms with E-state index in [0.29, 0.717) is 12.6 Å².